The minimum absolute atomic E-state index is 0.0103. The van der Waals surface area contributed by atoms with Crippen molar-refractivity contribution in [2.45, 2.75) is 320 Å². The zero-order chi connectivity index (χ0) is 101. The zero-order valence-corrected chi connectivity index (χ0v) is 78.7. The van der Waals surface area contributed by atoms with Gasteiger partial charge in [-0.1, -0.05) is 54.9 Å². The van der Waals surface area contributed by atoms with E-state index < -0.39 is 265 Å². The summed E-state index contributed by atoms with van der Waals surface area (Å²) in [6, 6.07) is -26.9. The monoisotopic (exact) mass is 1920 g/mol. The second-order valence-corrected chi connectivity index (χ2v) is 34.9. The first-order valence-corrected chi connectivity index (χ1v) is 45.6. The summed E-state index contributed by atoms with van der Waals surface area (Å²) in [5.41, 5.74) is 17.0. The van der Waals surface area contributed by atoms with E-state index in [0.717, 1.165) is 27.7 Å². The first-order valence-electron chi connectivity index (χ1n) is 44.9. The van der Waals surface area contributed by atoms with Crippen LogP contribution in [0.4, 0.5) is 0 Å². The number of primary amides is 2. The molecule has 28 N–H and O–H groups in total. The van der Waals surface area contributed by atoms with E-state index in [2.05, 4.69) is 113 Å². The molecule has 0 aromatic carbocycles. The highest BCUT2D eigenvalue weighted by Gasteiger charge is 2.41. The van der Waals surface area contributed by atoms with Crippen molar-refractivity contribution in [1.29, 1.82) is 0 Å². The fraction of sp³-hybridized carbons (Fsp3) is 0.714. The number of hydrogen-bond acceptors (Lipinski definition) is 29. The molecule has 0 aliphatic carbocycles. The molecule has 0 spiro atoms. The highest BCUT2D eigenvalue weighted by Crippen LogP contribution is 2.21. The number of aliphatic imine (C=N–C) groups is 3. The summed E-state index contributed by atoms with van der Waals surface area (Å²) in [5.74, 6) is -23.3. The van der Waals surface area contributed by atoms with Crippen molar-refractivity contribution in [3.05, 3.63) is 0 Å². The van der Waals surface area contributed by atoms with Crippen molar-refractivity contribution in [1.82, 2.24) is 90.4 Å². The van der Waals surface area contributed by atoms with Crippen molar-refractivity contribution in [3.63, 3.8) is 0 Å². The molecule has 134 heavy (non-hydrogen) atoms. The van der Waals surface area contributed by atoms with Crippen LogP contribution in [0.2, 0.25) is 0 Å². The lowest BCUT2D eigenvalue weighted by Gasteiger charge is -2.28. The average Bonchev–Trinajstić information content (AvgIpc) is 1.65. The Labute approximate surface area is 782 Å². The Bertz CT molecular complexity index is 4180. The zero-order valence-electron chi connectivity index (χ0n) is 77.8. The summed E-state index contributed by atoms with van der Waals surface area (Å²) >= 11 is 4.20. The predicted molar refractivity (Wildman–Crippen MR) is 486 cm³/mol. The van der Waals surface area contributed by atoms with Gasteiger partial charge in [0, 0.05) is 50.5 Å². The molecular formula is C84H139N23O26S. The number of carbonyl (C=O) groups is 21. The Hall–Kier alpha value is -11.9. The quantitative estimate of drug-likeness (QED) is 0.0199. The number of aliphatic hydroxyl groups excluding tert-OH is 3. The van der Waals surface area contributed by atoms with E-state index in [1.807, 2.05) is 26.1 Å². The average molecular weight is 1920 g/mol. The number of rotatable bonds is 62. The van der Waals surface area contributed by atoms with Crippen LogP contribution >= 0.6 is 12.6 Å². The van der Waals surface area contributed by atoms with E-state index in [0.29, 0.717) is 32.1 Å². The number of carboxylic acids is 2. The van der Waals surface area contributed by atoms with Crippen LogP contribution in [0.3, 0.4) is 0 Å². The van der Waals surface area contributed by atoms with Gasteiger partial charge in [-0.3, -0.25) is 111 Å². The van der Waals surface area contributed by atoms with Crippen LogP contribution in [-0.2, 0) is 101 Å². The molecule has 0 saturated carbocycles. The molecule has 3 aliphatic rings. The molecule has 49 nitrogen and oxygen atoms in total. The van der Waals surface area contributed by atoms with Crippen LogP contribution < -0.4 is 108 Å². The lowest BCUT2D eigenvalue weighted by molar-refractivity contribution is -0.144. The summed E-state index contributed by atoms with van der Waals surface area (Å²) in [6.45, 7) is 17.5. The van der Waals surface area contributed by atoms with Gasteiger partial charge >= 0.3 is 11.9 Å². The normalized spacial score (nSPS) is 19.9. The van der Waals surface area contributed by atoms with Crippen LogP contribution in [0, 0.1) is 29.6 Å². The molecule has 0 fully saturated rings. The van der Waals surface area contributed by atoms with Crippen LogP contribution in [0.15, 0.2) is 15.0 Å². The van der Waals surface area contributed by atoms with Gasteiger partial charge in [-0.25, -0.2) is 4.79 Å². The summed E-state index contributed by atoms with van der Waals surface area (Å²) in [4.78, 5) is 295. The summed E-state index contributed by atoms with van der Waals surface area (Å²) in [7, 11) is 0. The predicted octanol–water partition coefficient (Wildman–Crippen LogP) is -8.07. The van der Waals surface area contributed by atoms with Crippen LogP contribution in [0.5, 0.6) is 0 Å². The van der Waals surface area contributed by atoms with Crippen molar-refractivity contribution in [3.8, 4) is 0 Å². The Morgan fingerprint density at radius 1 is 0.381 bits per heavy atom. The Kier molecular flexibility index (Phi) is 51.1. The Morgan fingerprint density at radius 3 is 1.00 bits per heavy atom. The number of carbonyl (C=O) groups excluding carboxylic acids is 19. The number of nitrogens with one attached hydrogen (secondary N) is 17. The molecular weight excluding hydrogens is 1780 g/mol. The number of nitrogens with zero attached hydrogens (tertiary/aromatic N) is 3. The molecule has 0 aromatic heterocycles. The highest BCUT2D eigenvalue weighted by molar-refractivity contribution is 7.80. The van der Waals surface area contributed by atoms with Gasteiger partial charge in [0.25, 0.3) is 0 Å². The third-order valence-corrected chi connectivity index (χ3v) is 22.8. The van der Waals surface area contributed by atoms with Gasteiger partial charge in [-0.05, 0) is 154 Å². The second-order valence-electron chi connectivity index (χ2n) is 34.5. The molecule has 19 amide bonds. The molecule has 752 valence electrons. The number of unbranched alkanes of at least 4 members (excludes halogenated alkanes) is 3. The van der Waals surface area contributed by atoms with Crippen molar-refractivity contribution in [2.24, 2.45) is 61.8 Å². The van der Waals surface area contributed by atoms with E-state index >= 15 is 0 Å². The van der Waals surface area contributed by atoms with E-state index in [1.54, 1.807) is 46.3 Å². The number of aliphatic carboxylic acids is 2. The smallest absolute Gasteiger partial charge is 0.326 e. The van der Waals surface area contributed by atoms with E-state index in [4.69, 9.17) is 22.3 Å². The number of carboxylic acid groups (broad SMARTS) is 2. The Morgan fingerprint density at radius 2 is 0.679 bits per heavy atom. The minimum atomic E-state index is -2.03. The van der Waals surface area contributed by atoms with Gasteiger partial charge in [-0.15, -0.1) is 0 Å². The lowest BCUT2D eigenvalue weighted by atomic mass is 9.99. The fourth-order valence-electron chi connectivity index (χ4n) is 13.9. The van der Waals surface area contributed by atoms with Crippen LogP contribution in [0.1, 0.15) is 199 Å². The van der Waals surface area contributed by atoms with Gasteiger partial charge in [-0.2, -0.15) is 12.6 Å². The van der Waals surface area contributed by atoms with Crippen molar-refractivity contribution >= 4 is 155 Å². The topological polar surface area (TPSA) is 779 Å². The number of amides is 19. The molecule has 0 radical (unpaired) electrons. The molecule has 0 bridgehead atoms. The molecule has 3 aliphatic heterocycles. The maximum absolute atomic E-state index is 14.4. The van der Waals surface area contributed by atoms with E-state index in [9.17, 15) is 121 Å². The minimum Gasteiger partial charge on any atom is -0.481 e. The largest absolute Gasteiger partial charge is 0.481 e. The van der Waals surface area contributed by atoms with Crippen LogP contribution in [0.25, 0.3) is 0 Å². The second kappa shape index (κ2) is 59.0. The maximum atomic E-state index is 14.4. The number of aliphatic hydroxyl groups is 3. The number of nitrogens with two attached hydrogens (primary N) is 3. The van der Waals surface area contributed by atoms with Gasteiger partial charge < -0.3 is 133 Å². The first kappa shape index (κ1) is 116. The summed E-state index contributed by atoms with van der Waals surface area (Å²) < 4.78 is 0. The third kappa shape index (κ3) is 40.5. The first-order chi connectivity index (χ1) is 63.0. The molecule has 0 saturated heterocycles. The molecule has 0 unspecified atom stereocenters. The van der Waals surface area contributed by atoms with Gasteiger partial charge in [0.05, 0.1) is 37.7 Å². The third-order valence-electron chi connectivity index (χ3n) is 22.5. The molecule has 3 rings (SSSR count). The SMILES string of the molecule is CC[C@H](C)[C@H](N)C(=O)N[C@@H](CO)C(=O)N[C@@H](CCCCNC(=O)[C@@H]1N=CC[C@H]1C)C(=O)N[C@@H](C)C(=O)N[C@@H](CC(C)C)C(=O)N[C@@H](C)C(=O)N[C@@H](CC(N)=O)C(=O)N[C@H](C(=O)N[C@@H](CCCCNC(=O)[C@@H]1N=CC[C@H]1C)C(=O)N[C@@H](C)C(=O)N[C@@H](CS)C(=O)N[C@H](C(=O)N[C@@H](CCCCNC(=O)[C@@H]1N=CC[C@H]1C)C(=O)N[C@@H](CC(N)=O)C(=O)N[C@@H](CCC(=O)O)C(=O)O)[C@@H](C)O)[C@@H](C)O. The Balaban J connectivity index is 1.86. The molecule has 24 atom stereocenters. The van der Waals surface area contributed by atoms with Gasteiger partial charge in [0.15, 0.2) is 0 Å². The van der Waals surface area contributed by atoms with E-state index in [1.165, 1.54) is 6.92 Å². The van der Waals surface area contributed by atoms with Gasteiger partial charge in [0.2, 0.25) is 112 Å². The summed E-state index contributed by atoms with van der Waals surface area (Å²) in [5, 5.41) is 92.4. The van der Waals surface area contributed by atoms with E-state index in [-0.39, 0.29) is 125 Å². The van der Waals surface area contributed by atoms with Crippen molar-refractivity contribution < 1.29 is 126 Å². The molecule has 0 aromatic rings. The van der Waals surface area contributed by atoms with Crippen LogP contribution in [-0.4, -0.2) is 321 Å². The molecule has 3 heterocycles. The lowest BCUT2D eigenvalue weighted by Crippen LogP contribution is -2.62. The maximum Gasteiger partial charge on any atom is 0.326 e. The van der Waals surface area contributed by atoms with Gasteiger partial charge in [0.1, 0.15) is 103 Å². The number of hydrogen-bond donors (Lipinski definition) is 26. The summed E-state index contributed by atoms with van der Waals surface area (Å²) in [6.07, 6.45) is 0.403. The standard InChI is InChI=1S/C84H139N23O26S/c1-13-40(4)61(87)78(126)104-56(37-108)76(124)97-49(20-14-17-28-91-79(127)62-41(5)25-31-88-62)70(118)94-44(8)67(115)101-53(34-39(2)3)73(121)96-45(9)68(116)102-55(36-59(86)112)75(123)106-65(47(11)109)82(130)98-50(21-15-18-29-92-80(128)63-42(6)26-32-89-63)71(119)95-46(10)69(117)105-57(38-134)77(125)107-66(48(12)110)83(131)99-51(22-16-19-30-93-81(129)64-43(7)27-33-90-64)72(120)103-54(35-58(85)111)74(122)100-52(84(132)133)23-24-60(113)114/h31-33,39-57,61-66,108-110,134H,13-30,34-38,87H2,1-12H3,(H2,85,111)(H2,86,112)(H,91,127)(H,92,128)(H,93,129)(H,94,118)(H,95,119)(H,96,121)(H,97,124)(H,98,130)(H,99,131)(H,100,122)(H,101,115)(H,102,116)(H,103,120)(H,104,126)(H,105,117)(H,106,123)(H,107,125)(H,113,114)(H,132,133)/t40-,41+,42+,43+,44-,45-,46-,47+,48+,49-,50-,51-,52-,53-,54-,55-,56-,57-,61-,62+,63+,64+,65-,66-/m0/s1. The number of thiol groups is 1. The fourth-order valence-corrected chi connectivity index (χ4v) is 14.2. The van der Waals surface area contributed by atoms with Crippen molar-refractivity contribution in [2.75, 3.05) is 32.0 Å². The highest BCUT2D eigenvalue weighted by atomic mass is 32.1. The molecule has 50 heteroatoms.